The quantitative estimate of drug-likeness (QED) is 0.590. The Bertz CT molecular complexity index is 1080. The standard InChI is InChI=1S/C26H27N3O3/c1-19(30)22-9-5-10-23(17-22)27-25(31)21-11-13-24(14-12-21)29-16-6-15-28(26(29)32)18-20-7-3-2-4-8-20/h2-5,7-14,17,19,30H,6,15-16,18H2,1H3,(H,27,31)/t19-/m0/s1. The number of aliphatic hydroxyl groups excluding tert-OH is 1. The Morgan fingerprint density at radius 3 is 2.47 bits per heavy atom. The fourth-order valence-electron chi connectivity index (χ4n) is 3.84. The molecule has 6 heteroatoms. The van der Waals surface area contributed by atoms with E-state index < -0.39 is 6.10 Å². The highest BCUT2D eigenvalue weighted by molar-refractivity contribution is 6.04. The first-order chi connectivity index (χ1) is 15.5. The van der Waals surface area contributed by atoms with Crippen molar-refractivity contribution in [3.8, 4) is 0 Å². The van der Waals surface area contributed by atoms with Gasteiger partial charge in [-0.15, -0.1) is 0 Å². The van der Waals surface area contributed by atoms with Crippen molar-refractivity contribution in [3.63, 3.8) is 0 Å². The number of urea groups is 1. The number of benzene rings is 3. The second-order valence-electron chi connectivity index (χ2n) is 8.00. The van der Waals surface area contributed by atoms with E-state index in [1.54, 1.807) is 42.2 Å². The zero-order valence-corrected chi connectivity index (χ0v) is 18.1. The molecular formula is C26H27N3O3. The Hall–Kier alpha value is -3.64. The van der Waals surface area contributed by atoms with Gasteiger partial charge < -0.3 is 15.3 Å². The van der Waals surface area contributed by atoms with Crippen LogP contribution >= 0.6 is 0 Å². The maximum absolute atomic E-state index is 13.0. The van der Waals surface area contributed by atoms with Crippen molar-refractivity contribution in [2.75, 3.05) is 23.3 Å². The van der Waals surface area contributed by atoms with E-state index in [1.807, 2.05) is 53.4 Å². The molecule has 3 aromatic carbocycles. The molecule has 0 spiro atoms. The first kappa shape index (κ1) is 21.6. The van der Waals surface area contributed by atoms with E-state index in [2.05, 4.69) is 5.32 Å². The highest BCUT2D eigenvalue weighted by Gasteiger charge is 2.26. The predicted molar refractivity (Wildman–Crippen MR) is 126 cm³/mol. The van der Waals surface area contributed by atoms with E-state index >= 15 is 0 Å². The second kappa shape index (κ2) is 9.66. The molecule has 1 aliphatic heterocycles. The van der Waals surface area contributed by atoms with Gasteiger partial charge in [-0.05, 0) is 60.9 Å². The summed E-state index contributed by atoms with van der Waals surface area (Å²) in [4.78, 5) is 29.3. The van der Waals surface area contributed by atoms with Crippen molar-refractivity contribution >= 4 is 23.3 Å². The van der Waals surface area contributed by atoms with Crippen LogP contribution in [0.25, 0.3) is 0 Å². The average molecular weight is 430 g/mol. The molecule has 0 radical (unpaired) electrons. The first-order valence-corrected chi connectivity index (χ1v) is 10.8. The van der Waals surface area contributed by atoms with Crippen molar-refractivity contribution in [3.05, 3.63) is 95.6 Å². The van der Waals surface area contributed by atoms with E-state index in [9.17, 15) is 14.7 Å². The number of carbonyl (C=O) groups excluding carboxylic acids is 2. The molecule has 0 aromatic heterocycles. The molecule has 1 aliphatic rings. The Morgan fingerprint density at radius 2 is 1.75 bits per heavy atom. The minimum atomic E-state index is -0.602. The van der Waals surface area contributed by atoms with Gasteiger partial charge in [-0.25, -0.2) is 4.79 Å². The smallest absolute Gasteiger partial charge is 0.324 e. The molecule has 1 fully saturated rings. The summed E-state index contributed by atoms with van der Waals surface area (Å²) < 4.78 is 0. The predicted octanol–water partition coefficient (Wildman–Crippen LogP) is 4.82. The van der Waals surface area contributed by atoms with Gasteiger partial charge in [0.2, 0.25) is 0 Å². The van der Waals surface area contributed by atoms with Gasteiger partial charge in [0.05, 0.1) is 6.10 Å². The summed E-state index contributed by atoms with van der Waals surface area (Å²) in [5.74, 6) is -0.241. The molecule has 1 saturated heterocycles. The molecule has 3 aromatic rings. The number of nitrogens with zero attached hydrogens (tertiary/aromatic N) is 2. The zero-order valence-electron chi connectivity index (χ0n) is 18.1. The van der Waals surface area contributed by atoms with Crippen molar-refractivity contribution in [2.24, 2.45) is 0 Å². The lowest BCUT2D eigenvalue weighted by atomic mass is 10.1. The third-order valence-corrected chi connectivity index (χ3v) is 5.60. The van der Waals surface area contributed by atoms with Crippen LogP contribution in [0.5, 0.6) is 0 Å². The molecule has 3 amide bonds. The van der Waals surface area contributed by atoms with Crippen LogP contribution in [-0.4, -0.2) is 35.0 Å². The molecule has 6 nitrogen and oxygen atoms in total. The summed E-state index contributed by atoms with van der Waals surface area (Å²) >= 11 is 0. The van der Waals surface area contributed by atoms with Crippen molar-refractivity contribution in [1.29, 1.82) is 0 Å². The van der Waals surface area contributed by atoms with Gasteiger partial charge in [-0.2, -0.15) is 0 Å². The molecular weight excluding hydrogens is 402 g/mol. The van der Waals surface area contributed by atoms with Crippen LogP contribution in [0.3, 0.4) is 0 Å². The summed E-state index contributed by atoms with van der Waals surface area (Å²) in [7, 11) is 0. The van der Waals surface area contributed by atoms with Crippen LogP contribution in [0.1, 0.15) is 40.9 Å². The van der Waals surface area contributed by atoms with E-state index in [1.165, 1.54) is 0 Å². The largest absolute Gasteiger partial charge is 0.389 e. The molecule has 32 heavy (non-hydrogen) atoms. The van der Waals surface area contributed by atoms with Gasteiger partial charge >= 0.3 is 6.03 Å². The number of anilines is 2. The average Bonchev–Trinajstić information content (AvgIpc) is 2.81. The number of hydrogen-bond donors (Lipinski definition) is 2. The van der Waals surface area contributed by atoms with Crippen LogP contribution < -0.4 is 10.2 Å². The lowest BCUT2D eigenvalue weighted by Crippen LogP contribution is -2.49. The number of hydrogen-bond acceptors (Lipinski definition) is 3. The third-order valence-electron chi connectivity index (χ3n) is 5.60. The monoisotopic (exact) mass is 429 g/mol. The molecule has 0 bridgehead atoms. The normalized spacial score (nSPS) is 14.9. The molecule has 0 unspecified atom stereocenters. The third kappa shape index (κ3) is 4.98. The zero-order chi connectivity index (χ0) is 22.5. The molecule has 0 saturated carbocycles. The van der Waals surface area contributed by atoms with Crippen LogP contribution in [0.4, 0.5) is 16.2 Å². The van der Waals surface area contributed by atoms with Gasteiger partial charge in [0.25, 0.3) is 5.91 Å². The van der Waals surface area contributed by atoms with Gasteiger partial charge in [0.15, 0.2) is 0 Å². The van der Waals surface area contributed by atoms with Crippen LogP contribution in [0, 0.1) is 0 Å². The van der Waals surface area contributed by atoms with Gasteiger partial charge in [0.1, 0.15) is 0 Å². The Kier molecular flexibility index (Phi) is 6.52. The number of nitrogens with one attached hydrogen (secondary N) is 1. The Labute approximate surface area is 188 Å². The summed E-state index contributed by atoms with van der Waals surface area (Å²) in [5, 5.41) is 12.6. The van der Waals surface area contributed by atoms with Crippen molar-refractivity contribution in [1.82, 2.24) is 4.90 Å². The fourth-order valence-corrected chi connectivity index (χ4v) is 3.84. The Morgan fingerprint density at radius 1 is 1.00 bits per heavy atom. The number of carbonyl (C=O) groups is 2. The highest BCUT2D eigenvalue weighted by atomic mass is 16.3. The summed E-state index contributed by atoms with van der Waals surface area (Å²) in [6.07, 6.45) is 0.287. The van der Waals surface area contributed by atoms with E-state index in [4.69, 9.17) is 0 Å². The summed E-state index contributed by atoms with van der Waals surface area (Å²) in [6, 6.07) is 24.2. The molecule has 2 N–H and O–H groups in total. The van der Waals surface area contributed by atoms with Gasteiger partial charge in [-0.3, -0.25) is 9.69 Å². The lowest BCUT2D eigenvalue weighted by molar-refractivity contribution is 0.102. The topological polar surface area (TPSA) is 72.9 Å². The van der Waals surface area contributed by atoms with Gasteiger partial charge in [-0.1, -0.05) is 42.5 Å². The second-order valence-corrected chi connectivity index (χ2v) is 8.00. The minimum absolute atomic E-state index is 0.0211. The van der Waals surface area contributed by atoms with Gasteiger partial charge in [0, 0.05) is 36.6 Å². The van der Waals surface area contributed by atoms with E-state index in [-0.39, 0.29) is 11.9 Å². The molecule has 164 valence electrons. The maximum atomic E-state index is 13.0. The van der Waals surface area contributed by atoms with Crippen LogP contribution in [0.2, 0.25) is 0 Å². The Balaban J connectivity index is 1.43. The molecule has 4 rings (SSSR count). The summed E-state index contributed by atoms with van der Waals surface area (Å²) in [6.45, 7) is 3.66. The van der Waals surface area contributed by atoms with Crippen molar-refractivity contribution in [2.45, 2.75) is 26.0 Å². The highest BCUT2D eigenvalue weighted by Crippen LogP contribution is 2.23. The van der Waals surface area contributed by atoms with Crippen LogP contribution in [-0.2, 0) is 6.54 Å². The first-order valence-electron chi connectivity index (χ1n) is 10.8. The SMILES string of the molecule is C[C@H](O)c1cccc(NC(=O)c2ccc(N3CCCN(Cc4ccccc4)C3=O)cc2)c1. The van der Waals surface area contributed by atoms with Crippen molar-refractivity contribution < 1.29 is 14.7 Å². The number of amides is 3. The van der Waals surface area contributed by atoms with Crippen LogP contribution in [0.15, 0.2) is 78.9 Å². The molecule has 1 atom stereocenters. The van der Waals surface area contributed by atoms with E-state index in [0.717, 1.165) is 29.8 Å². The number of aliphatic hydroxyl groups is 1. The molecule has 1 heterocycles. The lowest BCUT2D eigenvalue weighted by Gasteiger charge is -2.35. The molecule has 0 aliphatic carbocycles. The maximum Gasteiger partial charge on any atom is 0.324 e. The minimum Gasteiger partial charge on any atom is -0.389 e. The fraction of sp³-hybridized carbons (Fsp3) is 0.231. The van der Waals surface area contributed by atoms with E-state index in [0.29, 0.717) is 24.3 Å². The number of rotatable bonds is 6. The summed E-state index contributed by atoms with van der Waals surface area (Å²) in [5.41, 5.74) is 3.75.